The molecule has 3 rings (SSSR count). The third-order valence-electron chi connectivity index (χ3n) is 5.37. The molecule has 0 spiro atoms. The molecule has 150 valence electrons. The van der Waals surface area contributed by atoms with E-state index in [1.54, 1.807) is 0 Å². The zero-order chi connectivity index (χ0) is 20.4. The molecular formula is C22H24F3NO2. The molecule has 0 aromatic heterocycles. The van der Waals surface area contributed by atoms with Crippen LogP contribution in [-0.4, -0.2) is 24.0 Å². The van der Waals surface area contributed by atoms with Gasteiger partial charge in [-0.1, -0.05) is 19.1 Å². The van der Waals surface area contributed by atoms with Crippen molar-refractivity contribution < 1.29 is 23.1 Å². The predicted octanol–water partition coefficient (Wildman–Crippen LogP) is 5.18. The Bertz CT molecular complexity index is 805. The van der Waals surface area contributed by atoms with E-state index in [2.05, 4.69) is 4.90 Å². The predicted molar refractivity (Wildman–Crippen MR) is 102 cm³/mol. The number of rotatable bonds is 5. The Hall–Kier alpha value is -2.34. The van der Waals surface area contributed by atoms with Crippen LogP contribution in [0.2, 0.25) is 0 Å². The molecule has 3 nitrogen and oxygen atoms in total. The molecule has 28 heavy (non-hydrogen) atoms. The molecule has 2 aromatic carbocycles. The van der Waals surface area contributed by atoms with E-state index < -0.39 is 17.3 Å². The maximum atomic E-state index is 12.7. The molecule has 0 aliphatic carbocycles. The largest absolute Gasteiger partial charge is 0.416 e. The number of Topliss-reactive ketones (excluding diaryl/α,β-unsaturated/α-hetero) is 1. The van der Waals surface area contributed by atoms with Crippen molar-refractivity contribution in [1.82, 2.24) is 0 Å². The van der Waals surface area contributed by atoms with Crippen molar-refractivity contribution in [2.45, 2.75) is 44.4 Å². The van der Waals surface area contributed by atoms with Gasteiger partial charge in [-0.15, -0.1) is 0 Å². The molecule has 2 aromatic rings. The van der Waals surface area contributed by atoms with E-state index in [0.717, 1.165) is 24.2 Å². The van der Waals surface area contributed by atoms with Gasteiger partial charge in [-0.05, 0) is 61.2 Å². The summed E-state index contributed by atoms with van der Waals surface area (Å²) in [6, 6.07) is 12.2. The summed E-state index contributed by atoms with van der Waals surface area (Å²) in [5.41, 5.74) is 0.347. The molecule has 0 saturated carbocycles. The second kappa shape index (κ2) is 7.95. The maximum absolute atomic E-state index is 12.7. The highest BCUT2D eigenvalue weighted by atomic mass is 19.4. The van der Waals surface area contributed by atoms with Crippen LogP contribution in [0.25, 0.3) is 0 Å². The fourth-order valence-electron chi connectivity index (χ4n) is 3.62. The van der Waals surface area contributed by atoms with Gasteiger partial charge in [0.2, 0.25) is 0 Å². The minimum Gasteiger partial charge on any atom is -0.385 e. The van der Waals surface area contributed by atoms with Gasteiger partial charge in [0.25, 0.3) is 0 Å². The fraction of sp³-hybridized carbons (Fsp3) is 0.409. The van der Waals surface area contributed by atoms with E-state index in [-0.39, 0.29) is 5.78 Å². The summed E-state index contributed by atoms with van der Waals surface area (Å²) in [7, 11) is 0. The topological polar surface area (TPSA) is 40.5 Å². The summed E-state index contributed by atoms with van der Waals surface area (Å²) in [5, 5.41) is 10.9. The van der Waals surface area contributed by atoms with Gasteiger partial charge in [0.1, 0.15) is 0 Å². The number of nitrogens with zero attached hydrogens (tertiary/aromatic N) is 1. The van der Waals surface area contributed by atoms with Crippen LogP contribution < -0.4 is 4.90 Å². The standard InChI is InChI=1S/C22H24F3NO2/c1-2-3-20(27)16-4-10-19(11-5-16)26-14-12-21(28,13-15-26)17-6-8-18(9-7-17)22(23,24)25/h4-11,28H,2-3,12-15H2,1H3. The van der Waals surface area contributed by atoms with E-state index in [1.165, 1.54) is 12.1 Å². The zero-order valence-corrected chi connectivity index (χ0v) is 15.8. The molecule has 1 heterocycles. The third-order valence-corrected chi connectivity index (χ3v) is 5.37. The van der Waals surface area contributed by atoms with Crippen LogP contribution >= 0.6 is 0 Å². The van der Waals surface area contributed by atoms with Gasteiger partial charge in [-0.2, -0.15) is 13.2 Å². The van der Waals surface area contributed by atoms with Crippen molar-refractivity contribution in [1.29, 1.82) is 0 Å². The monoisotopic (exact) mass is 391 g/mol. The minimum absolute atomic E-state index is 0.129. The zero-order valence-electron chi connectivity index (χ0n) is 15.8. The van der Waals surface area contributed by atoms with Crippen molar-refractivity contribution in [3.05, 3.63) is 65.2 Å². The molecule has 1 saturated heterocycles. The Morgan fingerprint density at radius 1 is 1.04 bits per heavy atom. The third kappa shape index (κ3) is 4.38. The first kappa shape index (κ1) is 20.4. The van der Waals surface area contributed by atoms with Crippen LogP contribution in [0, 0.1) is 0 Å². The van der Waals surface area contributed by atoms with Gasteiger partial charge in [-0.3, -0.25) is 4.79 Å². The number of ketones is 1. The Morgan fingerprint density at radius 2 is 1.61 bits per heavy atom. The smallest absolute Gasteiger partial charge is 0.385 e. The summed E-state index contributed by atoms with van der Waals surface area (Å²) in [5.74, 6) is 0.129. The minimum atomic E-state index is -4.38. The molecule has 0 bridgehead atoms. The molecule has 1 fully saturated rings. The van der Waals surface area contributed by atoms with Gasteiger partial charge >= 0.3 is 6.18 Å². The number of piperidine rings is 1. The first-order chi connectivity index (χ1) is 13.2. The van der Waals surface area contributed by atoms with E-state index in [0.29, 0.717) is 43.5 Å². The number of hydrogen-bond acceptors (Lipinski definition) is 3. The second-order valence-corrected chi connectivity index (χ2v) is 7.31. The molecule has 1 aliphatic heterocycles. The lowest BCUT2D eigenvalue weighted by molar-refractivity contribution is -0.137. The number of carbonyl (C=O) groups is 1. The van der Waals surface area contributed by atoms with Crippen molar-refractivity contribution >= 4 is 11.5 Å². The van der Waals surface area contributed by atoms with Crippen molar-refractivity contribution in [2.24, 2.45) is 0 Å². The van der Waals surface area contributed by atoms with Crippen LogP contribution in [0.4, 0.5) is 18.9 Å². The van der Waals surface area contributed by atoms with Crippen molar-refractivity contribution in [2.75, 3.05) is 18.0 Å². The summed E-state index contributed by atoms with van der Waals surface area (Å²) in [6.07, 6.45) is -2.18. The van der Waals surface area contributed by atoms with Crippen LogP contribution in [0.3, 0.4) is 0 Å². The lowest BCUT2D eigenvalue weighted by Gasteiger charge is -2.39. The Labute approximate surface area is 162 Å². The van der Waals surface area contributed by atoms with Crippen LogP contribution in [0.5, 0.6) is 0 Å². The van der Waals surface area contributed by atoms with Gasteiger partial charge < -0.3 is 10.0 Å². The number of alkyl halides is 3. The Balaban J connectivity index is 1.65. The Morgan fingerprint density at radius 3 is 2.11 bits per heavy atom. The van der Waals surface area contributed by atoms with Gasteiger partial charge in [0.05, 0.1) is 11.2 Å². The fourth-order valence-corrected chi connectivity index (χ4v) is 3.62. The first-order valence-corrected chi connectivity index (χ1v) is 9.51. The maximum Gasteiger partial charge on any atom is 0.416 e. The molecule has 6 heteroatoms. The highest BCUT2D eigenvalue weighted by Crippen LogP contribution is 2.36. The normalized spacial score (nSPS) is 16.8. The highest BCUT2D eigenvalue weighted by Gasteiger charge is 2.35. The molecular weight excluding hydrogens is 367 g/mol. The highest BCUT2D eigenvalue weighted by molar-refractivity contribution is 5.96. The number of hydrogen-bond donors (Lipinski definition) is 1. The SMILES string of the molecule is CCCC(=O)c1ccc(N2CCC(O)(c3ccc(C(F)(F)F)cc3)CC2)cc1. The summed E-state index contributed by atoms with van der Waals surface area (Å²) in [6.45, 7) is 3.14. The van der Waals surface area contributed by atoms with Gasteiger partial charge in [0, 0.05) is 30.8 Å². The van der Waals surface area contributed by atoms with Crippen LogP contribution in [0.1, 0.15) is 54.1 Å². The lowest BCUT2D eigenvalue weighted by Crippen LogP contribution is -2.42. The number of carbonyl (C=O) groups excluding carboxylic acids is 1. The summed E-state index contributed by atoms with van der Waals surface area (Å²) < 4.78 is 38.2. The average Bonchev–Trinajstić information content (AvgIpc) is 2.68. The van der Waals surface area contributed by atoms with E-state index in [9.17, 15) is 23.1 Å². The molecule has 1 N–H and O–H groups in total. The quantitative estimate of drug-likeness (QED) is 0.715. The van der Waals surface area contributed by atoms with Crippen LogP contribution in [0.15, 0.2) is 48.5 Å². The van der Waals surface area contributed by atoms with E-state index >= 15 is 0 Å². The molecule has 0 atom stereocenters. The molecule has 0 radical (unpaired) electrons. The van der Waals surface area contributed by atoms with Crippen molar-refractivity contribution in [3.63, 3.8) is 0 Å². The number of halogens is 3. The summed E-state index contributed by atoms with van der Waals surface area (Å²) >= 11 is 0. The molecule has 1 aliphatic rings. The Kier molecular flexibility index (Phi) is 5.79. The summed E-state index contributed by atoms with van der Waals surface area (Å²) in [4.78, 5) is 14.1. The van der Waals surface area contributed by atoms with Gasteiger partial charge in [0.15, 0.2) is 5.78 Å². The number of aliphatic hydroxyl groups is 1. The van der Waals surface area contributed by atoms with Crippen LogP contribution in [-0.2, 0) is 11.8 Å². The first-order valence-electron chi connectivity index (χ1n) is 9.51. The van der Waals surface area contributed by atoms with Crippen molar-refractivity contribution in [3.8, 4) is 0 Å². The van der Waals surface area contributed by atoms with E-state index in [4.69, 9.17) is 0 Å². The number of anilines is 1. The average molecular weight is 391 g/mol. The molecule has 0 amide bonds. The second-order valence-electron chi connectivity index (χ2n) is 7.31. The molecule has 0 unspecified atom stereocenters. The van der Waals surface area contributed by atoms with E-state index in [1.807, 2.05) is 31.2 Å². The number of benzene rings is 2. The lowest BCUT2D eigenvalue weighted by atomic mass is 9.84. The van der Waals surface area contributed by atoms with Gasteiger partial charge in [-0.25, -0.2) is 0 Å².